The Labute approximate surface area is 153 Å². The van der Waals surface area contributed by atoms with Crippen molar-refractivity contribution < 1.29 is 14.3 Å². The third-order valence-corrected chi connectivity index (χ3v) is 4.42. The second-order valence-corrected chi connectivity index (χ2v) is 6.40. The van der Waals surface area contributed by atoms with Crippen molar-refractivity contribution in [2.75, 3.05) is 14.2 Å². The number of amidine groups is 1. The van der Waals surface area contributed by atoms with Gasteiger partial charge in [0, 0.05) is 6.20 Å². The number of amides is 1. The lowest BCUT2D eigenvalue weighted by atomic mass is 10.2. The Bertz CT molecular complexity index is 866. The van der Waals surface area contributed by atoms with Crippen LogP contribution in [0.3, 0.4) is 0 Å². The zero-order valence-electron chi connectivity index (χ0n) is 13.4. The lowest BCUT2D eigenvalue weighted by molar-refractivity contribution is -0.115. The molecule has 8 heteroatoms. The van der Waals surface area contributed by atoms with Crippen LogP contribution in [0.15, 0.2) is 46.4 Å². The van der Waals surface area contributed by atoms with Gasteiger partial charge in [0.15, 0.2) is 22.5 Å². The number of nitrogens with zero attached hydrogens (tertiary/aromatic N) is 2. The Morgan fingerprint density at radius 1 is 1.20 bits per heavy atom. The topological polar surface area (TPSA) is 72.8 Å². The number of ether oxygens (including phenoxy) is 2. The van der Waals surface area contributed by atoms with Crippen LogP contribution in [0, 0.1) is 0 Å². The van der Waals surface area contributed by atoms with Crippen molar-refractivity contribution in [2.24, 2.45) is 4.99 Å². The minimum atomic E-state index is -0.215. The van der Waals surface area contributed by atoms with E-state index in [0.29, 0.717) is 32.4 Å². The molecule has 128 valence electrons. The van der Waals surface area contributed by atoms with Gasteiger partial charge in [-0.1, -0.05) is 17.7 Å². The molecule has 0 spiro atoms. The van der Waals surface area contributed by atoms with Crippen LogP contribution < -0.4 is 14.8 Å². The second-order valence-electron chi connectivity index (χ2n) is 4.93. The number of aromatic nitrogens is 1. The third-order valence-electron chi connectivity index (χ3n) is 3.28. The van der Waals surface area contributed by atoms with E-state index < -0.39 is 0 Å². The van der Waals surface area contributed by atoms with Gasteiger partial charge in [0.2, 0.25) is 0 Å². The monoisotopic (exact) mass is 375 g/mol. The highest BCUT2D eigenvalue weighted by Gasteiger charge is 2.24. The number of aliphatic imine (C=N–C) groups is 1. The van der Waals surface area contributed by atoms with Crippen LogP contribution in [0.5, 0.6) is 11.5 Å². The molecular formula is C17H14ClN3O3S. The number of nitrogens with one attached hydrogen (secondary N) is 1. The van der Waals surface area contributed by atoms with Crippen molar-refractivity contribution in [3.63, 3.8) is 0 Å². The Morgan fingerprint density at radius 3 is 2.68 bits per heavy atom. The number of thioether (sulfide) groups is 1. The summed E-state index contributed by atoms with van der Waals surface area (Å²) in [7, 11) is 3.14. The van der Waals surface area contributed by atoms with Gasteiger partial charge in [-0.25, -0.2) is 9.98 Å². The van der Waals surface area contributed by atoms with Crippen LogP contribution in [-0.4, -0.2) is 30.3 Å². The molecule has 6 nitrogen and oxygen atoms in total. The Balaban J connectivity index is 1.83. The van der Waals surface area contributed by atoms with Gasteiger partial charge in [0.05, 0.1) is 24.1 Å². The molecule has 0 aliphatic carbocycles. The fourth-order valence-electron chi connectivity index (χ4n) is 2.11. The maximum atomic E-state index is 12.1. The van der Waals surface area contributed by atoms with Gasteiger partial charge in [-0.15, -0.1) is 0 Å². The van der Waals surface area contributed by atoms with Gasteiger partial charge in [0.25, 0.3) is 5.91 Å². The molecule has 0 unspecified atom stereocenters. The second kappa shape index (κ2) is 7.58. The Morgan fingerprint density at radius 2 is 2.00 bits per heavy atom. The smallest absolute Gasteiger partial charge is 0.264 e. The summed E-state index contributed by atoms with van der Waals surface area (Å²) in [4.78, 5) is 21.0. The molecule has 1 N–H and O–H groups in total. The molecule has 3 rings (SSSR count). The van der Waals surface area contributed by atoms with E-state index in [9.17, 15) is 4.79 Å². The molecule has 1 aromatic carbocycles. The van der Waals surface area contributed by atoms with E-state index in [1.165, 1.54) is 18.0 Å². The molecule has 0 saturated carbocycles. The first-order valence-corrected chi connectivity index (χ1v) is 8.41. The molecular weight excluding hydrogens is 362 g/mol. The quantitative estimate of drug-likeness (QED) is 0.826. The van der Waals surface area contributed by atoms with Gasteiger partial charge in [-0.2, -0.15) is 0 Å². The molecule has 1 fully saturated rings. The fourth-order valence-corrected chi connectivity index (χ4v) is 3.05. The molecule has 1 amide bonds. The summed E-state index contributed by atoms with van der Waals surface area (Å²) in [5, 5.41) is 3.71. The lowest BCUT2D eigenvalue weighted by Crippen LogP contribution is -2.19. The lowest BCUT2D eigenvalue weighted by Gasteiger charge is -2.07. The maximum Gasteiger partial charge on any atom is 0.264 e. The highest BCUT2D eigenvalue weighted by atomic mass is 35.5. The van der Waals surface area contributed by atoms with Crippen molar-refractivity contribution in [3.8, 4) is 11.5 Å². The fraction of sp³-hybridized carbons (Fsp3) is 0.118. The maximum absolute atomic E-state index is 12.1. The summed E-state index contributed by atoms with van der Waals surface area (Å²) >= 11 is 7.04. The first-order valence-electron chi connectivity index (χ1n) is 7.22. The van der Waals surface area contributed by atoms with Crippen LogP contribution in [0.25, 0.3) is 6.08 Å². The Kier molecular flexibility index (Phi) is 5.25. The van der Waals surface area contributed by atoms with E-state index in [1.807, 2.05) is 6.07 Å². The standard InChI is InChI=1S/C17H14ClN3O3S/c1-23-12-5-3-10(7-13(12)24-2)8-14-16(22)21-17(25-14)20-15-6-4-11(18)9-19-15/h3-9H,1-2H3,(H,19,20,21,22)/b14-8-. The summed E-state index contributed by atoms with van der Waals surface area (Å²) < 4.78 is 10.5. The summed E-state index contributed by atoms with van der Waals surface area (Å²) in [6.45, 7) is 0. The number of benzene rings is 1. The number of halogens is 1. The zero-order valence-corrected chi connectivity index (χ0v) is 15.0. The predicted molar refractivity (Wildman–Crippen MR) is 99.6 cm³/mol. The van der Waals surface area contributed by atoms with E-state index >= 15 is 0 Å². The number of carbonyl (C=O) groups is 1. The van der Waals surface area contributed by atoms with Crippen molar-refractivity contribution >= 4 is 46.3 Å². The van der Waals surface area contributed by atoms with Crippen molar-refractivity contribution in [3.05, 3.63) is 52.0 Å². The van der Waals surface area contributed by atoms with Gasteiger partial charge < -0.3 is 14.8 Å². The molecule has 25 heavy (non-hydrogen) atoms. The average molecular weight is 376 g/mol. The molecule has 0 bridgehead atoms. The average Bonchev–Trinajstić information content (AvgIpc) is 2.96. The molecule has 2 heterocycles. The zero-order chi connectivity index (χ0) is 17.8. The van der Waals surface area contributed by atoms with E-state index in [4.69, 9.17) is 21.1 Å². The van der Waals surface area contributed by atoms with Crippen LogP contribution in [-0.2, 0) is 4.79 Å². The van der Waals surface area contributed by atoms with Crippen LogP contribution >= 0.6 is 23.4 Å². The minimum Gasteiger partial charge on any atom is -0.493 e. The number of pyridine rings is 1. The highest BCUT2D eigenvalue weighted by Crippen LogP contribution is 2.31. The van der Waals surface area contributed by atoms with Crippen molar-refractivity contribution in [1.82, 2.24) is 10.3 Å². The normalized spacial score (nSPS) is 17.0. The van der Waals surface area contributed by atoms with E-state index in [2.05, 4.69) is 15.3 Å². The first kappa shape index (κ1) is 17.3. The summed E-state index contributed by atoms with van der Waals surface area (Å²) in [6.07, 6.45) is 3.27. The van der Waals surface area contributed by atoms with Crippen molar-refractivity contribution in [2.45, 2.75) is 0 Å². The molecule has 2 aromatic rings. The SMILES string of the molecule is COc1ccc(/C=C2\SC(=Nc3ccc(Cl)cn3)NC2=O)cc1OC. The van der Waals surface area contributed by atoms with Crippen LogP contribution in [0.1, 0.15) is 5.56 Å². The van der Waals surface area contributed by atoms with Gasteiger partial charge >= 0.3 is 0 Å². The first-order chi connectivity index (χ1) is 12.1. The predicted octanol–water partition coefficient (Wildman–Crippen LogP) is 3.64. The third kappa shape index (κ3) is 4.12. The largest absolute Gasteiger partial charge is 0.493 e. The molecule has 0 radical (unpaired) electrons. The van der Waals surface area contributed by atoms with Gasteiger partial charge in [-0.3, -0.25) is 4.79 Å². The van der Waals surface area contributed by atoms with Crippen molar-refractivity contribution in [1.29, 1.82) is 0 Å². The summed E-state index contributed by atoms with van der Waals surface area (Å²) in [6, 6.07) is 8.80. The van der Waals surface area contributed by atoms with Gasteiger partial charge in [0.1, 0.15) is 0 Å². The molecule has 0 atom stereocenters. The summed E-state index contributed by atoms with van der Waals surface area (Å²) in [5.74, 6) is 1.48. The van der Waals surface area contributed by atoms with E-state index in [-0.39, 0.29) is 5.91 Å². The number of carbonyl (C=O) groups excluding carboxylic acids is 1. The minimum absolute atomic E-state index is 0.215. The van der Waals surface area contributed by atoms with E-state index in [1.54, 1.807) is 44.6 Å². The molecule has 1 saturated heterocycles. The summed E-state index contributed by atoms with van der Waals surface area (Å²) in [5.41, 5.74) is 0.821. The van der Waals surface area contributed by atoms with E-state index in [0.717, 1.165) is 5.56 Å². The molecule has 1 aliphatic heterocycles. The van der Waals surface area contributed by atoms with Crippen LogP contribution in [0.4, 0.5) is 5.82 Å². The highest BCUT2D eigenvalue weighted by molar-refractivity contribution is 8.18. The molecule has 1 aliphatic rings. The number of methoxy groups -OCH3 is 2. The number of hydrogen-bond donors (Lipinski definition) is 1. The number of rotatable bonds is 4. The Hall–Kier alpha value is -2.51. The molecule has 1 aromatic heterocycles. The van der Waals surface area contributed by atoms with Gasteiger partial charge in [-0.05, 0) is 47.7 Å². The van der Waals surface area contributed by atoms with Crippen LogP contribution in [0.2, 0.25) is 5.02 Å². The number of hydrogen-bond acceptors (Lipinski definition) is 6.